The second kappa shape index (κ2) is 7.83. The van der Waals surface area contributed by atoms with E-state index in [0.29, 0.717) is 49.2 Å². The predicted octanol–water partition coefficient (Wildman–Crippen LogP) is 2.50. The number of rotatable bonds is 4. The van der Waals surface area contributed by atoms with Gasteiger partial charge in [0.1, 0.15) is 17.4 Å². The Morgan fingerprint density at radius 3 is 2.86 bits per heavy atom. The summed E-state index contributed by atoms with van der Waals surface area (Å²) in [5.74, 6) is 0.294. The van der Waals surface area contributed by atoms with E-state index >= 15 is 0 Å². The molecule has 1 fully saturated rings. The van der Waals surface area contributed by atoms with Gasteiger partial charge in [0, 0.05) is 23.7 Å². The SMILES string of the molecule is CCOc1ccc(Cl)cc1/C=C(/C#N)C(=O)N1CCOCC1. The van der Waals surface area contributed by atoms with Crippen molar-refractivity contribution in [2.24, 2.45) is 0 Å². The van der Waals surface area contributed by atoms with E-state index in [9.17, 15) is 10.1 Å². The maximum atomic E-state index is 12.4. The number of hydrogen-bond acceptors (Lipinski definition) is 4. The molecule has 6 heteroatoms. The van der Waals surface area contributed by atoms with Crippen LogP contribution in [0.2, 0.25) is 5.02 Å². The van der Waals surface area contributed by atoms with E-state index in [1.54, 1.807) is 23.1 Å². The van der Waals surface area contributed by atoms with E-state index in [2.05, 4.69) is 0 Å². The molecule has 0 atom stereocenters. The fourth-order valence-electron chi connectivity index (χ4n) is 2.15. The Labute approximate surface area is 134 Å². The Bertz CT molecular complexity index is 616. The lowest BCUT2D eigenvalue weighted by atomic mass is 10.1. The van der Waals surface area contributed by atoms with Crippen LogP contribution in [0.3, 0.4) is 0 Å². The molecular weight excluding hydrogens is 304 g/mol. The van der Waals surface area contributed by atoms with Crippen LogP contribution in [0.4, 0.5) is 0 Å². The van der Waals surface area contributed by atoms with Crippen molar-refractivity contribution >= 4 is 23.6 Å². The molecule has 1 heterocycles. The fourth-order valence-corrected chi connectivity index (χ4v) is 2.33. The van der Waals surface area contributed by atoms with Gasteiger partial charge in [0.05, 0.1) is 19.8 Å². The van der Waals surface area contributed by atoms with Gasteiger partial charge in [-0.25, -0.2) is 0 Å². The summed E-state index contributed by atoms with van der Waals surface area (Å²) in [5.41, 5.74) is 0.678. The summed E-state index contributed by atoms with van der Waals surface area (Å²) in [6, 6.07) is 7.08. The van der Waals surface area contributed by atoms with Gasteiger partial charge in [-0.3, -0.25) is 4.79 Å². The number of benzene rings is 1. The molecule has 0 aromatic heterocycles. The summed E-state index contributed by atoms with van der Waals surface area (Å²) in [6.45, 7) is 4.32. The normalized spacial score (nSPS) is 15.3. The highest BCUT2D eigenvalue weighted by atomic mass is 35.5. The Morgan fingerprint density at radius 2 is 2.23 bits per heavy atom. The van der Waals surface area contributed by atoms with Gasteiger partial charge in [-0.1, -0.05) is 11.6 Å². The summed E-state index contributed by atoms with van der Waals surface area (Å²) < 4.78 is 10.7. The van der Waals surface area contributed by atoms with E-state index in [0.717, 1.165) is 0 Å². The van der Waals surface area contributed by atoms with Crippen molar-refractivity contribution in [3.05, 3.63) is 34.4 Å². The number of halogens is 1. The highest BCUT2D eigenvalue weighted by Gasteiger charge is 2.21. The van der Waals surface area contributed by atoms with Crippen molar-refractivity contribution in [2.75, 3.05) is 32.9 Å². The summed E-state index contributed by atoms with van der Waals surface area (Å²) in [5, 5.41) is 9.83. The highest BCUT2D eigenvalue weighted by Crippen LogP contribution is 2.25. The van der Waals surface area contributed by atoms with Gasteiger partial charge < -0.3 is 14.4 Å². The third-order valence-corrected chi connectivity index (χ3v) is 3.46. The van der Waals surface area contributed by atoms with E-state index in [1.807, 2.05) is 13.0 Å². The average molecular weight is 321 g/mol. The molecule has 1 saturated heterocycles. The van der Waals surface area contributed by atoms with Gasteiger partial charge in [-0.15, -0.1) is 0 Å². The molecule has 1 aromatic carbocycles. The van der Waals surface area contributed by atoms with E-state index in [4.69, 9.17) is 21.1 Å². The van der Waals surface area contributed by atoms with Crippen LogP contribution in [-0.2, 0) is 9.53 Å². The van der Waals surface area contributed by atoms with Crippen molar-refractivity contribution < 1.29 is 14.3 Å². The molecule has 1 aromatic rings. The lowest BCUT2D eigenvalue weighted by molar-refractivity contribution is -0.130. The van der Waals surface area contributed by atoms with Gasteiger partial charge in [0.15, 0.2) is 0 Å². The minimum atomic E-state index is -0.298. The lowest BCUT2D eigenvalue weighted by Crippen LogP contribution is -2.41. The third kappa shape index (κ3) is 4.00. The van der Waals surface area contributed by atoms with Gasteiger partial charge in [0.25, 0.3) is 5.91 Å². The van der Waals surface area contributed by atoms with Crippen LogP contribution < -0.4 is 4.74 Å². The number of hydrogen-bond donors (Lipinski definition) is 0. The quantitative estimate of drug-likeness (QED) is 0.631. The van der Waals surface area contributed by atoms with Crippen molar-refractivity contribution in [1.82, 2.24) is 4.90 Å². The topological polar surface area (TPSA) is 62.6 Å². The fraction of sp³-hybridized carbons (Fsp3) is 0.375. The first-order valence-electron chi connectivity index (χ1n) is 7.07. The van der Waals surface area contributed by atoms with Gasteiger partial charge in [-0.05, 0) is 31.2 Å². The smallest absolute Gasteiger partial charge is 0.264 e. The molecule has 0 spiro atoms. The molecular formula is C16H17ClN2O3. The van der Waals surface area contributed by atoms with Gasteiger partial charge in [0.2, 0.25) is 0 Å². The zero-order valence-corrected chi connectivity index (χ0v) is 13.1. The number of carbonyl (C=O) groups is 1. The zero-order valence-electron chi connectivity index (χ0n) is 12.3. The molecule has 0 saturated carbocycles. The van der Waals surface area contributed by atoms with Crippen LogP contribution in [0, 0.1) is 11.3 Å². The summed E-state index contributed by atoms with van der Waals surface area (Å²) in [6.07, 6.45) is 1.52. The molecule has 1 aliphatic rings. The molecule has 1 amide bonds. The number of nitrogens with zero attached hydrogens (tertiary/aromatic N) is 2. The van der Waals surface area contributed by atoms with Crippen LogP contribution >= 0.6 is 11.6 Å². The number of amides is 1. The first-order chi connectivity index (χ1) is 10.7. The monoisotopic (exact) mass is 320 g/mol. The van der Waals surface area contributed by atoms with Gasteiger partial charge in [-0.2, -0.15) is 5.26 Å². The van der Waals surface area contributed by atoms with Crippen molar-refractivity contribution in [2.45, 2.75) is 6.92 Å². The first kappa shape index (κ1) is 16.3. The van der Waals surface area contributed by atoms with Crippen molar-refractivity contribution in [3.8, 4) is 11.8 Å². The zero-order chi connectivity index (χ0) is 15.9. The number of morpholine rings is 1. The molecule has 0 unspecified atom stereocenters. The van der Waals surface area contributed by atoms with Gasteiger partial charge >= 0.3 is 0 Å². The Hall–Kier alpha value is -2.03. The standard InChI is InChI=1S/C16H17ClN2O3/c1-2-22-15-4-3-14(17)10-12(15)9-13(11-18)16(20)19-5-7-21-8-6-19/h3-4,9-10H,2,5-8H2,1H3/b13-9-. The van der Waals surface area contributed by atoms with Crippen LogP contribution in [0.25, 0.3) is 6.08 Å². The summed E-state index contributed by atoms with van der Waals surface area (Å²) in [4.78, 5) is 14.0. The highest BCUT2D eigenvalue weighted by molar-refractivity contribution is 6.30. The van der Waals surface area contributed by atoms with Crippen LogP contribution in [-0.4, -0.2) is 43.7 Å². The van der Waals surface area contributed by atoms with Crippen LogP contribution in [0.5, 0.6) is 5.75 Å². The maximum absolute atomic E-state index is 12.4. The molecule has 0 radical (unpaired) electrons. The Kier molecular flexibility index (Phi) is 5.82. The van der Waals surface area contributed by atoms with E-state index < -0.39 is 0 Å². The molecule has 5 nitrogen and oxygen atoms in total. The number of nitriles is 1. The number of carbonyl (C=O) groups excluding carboxylic acids is 1. The molecule has 0 bridgehead atoms. The second-order valence-corrected chi connectivity index (χ2v) is 5.13. The third-order valence-electron chi connectivity index (χ3n) is 3.22. The lowest BCUT2D eigenvalue weighted by Gasteiger charge is -2.26. The summed E-state index contributed by atoms with van der Waals surface area (Å²) >= 11 is 5.99. The first-order valence-corrected chi connectivity index (χ1v) is 7.44. The largest absolute Gasteiger partial charge is 0.493 e. The van der Waals surface area contributed by atoms with Crippen molar-refractivity contribution in [1.29, 1.82) is 5.26 Å². The molecule has 0 N–H and O–H groups in total. The number of ether oxygens (including phenoxy) is 2. The van der Waals surface area contributed by atoms with Crippen molar-refractivity contribution in [3.63, 3.8) is 0 Å². The molecule has 22 heavy (non-hydrogen) atoms. The molecule has 1 aliphatic heterocycles. The van der Waals surface area contributed by atoms with E-state index in [1.165, 1.54) is 6.08 Å². The Balaban J connectivity index is 2.30. The second-order valence-electron chi connectivity index (χ2n) is 4.69. The minimum absolute atomic E-state index is 0.0603. The van der Waals surface area contributed by atoms with Crippen LogP contribution in [0.15, 0.2) is 23.8 Å². The Morgan fingerprint density at radius 1 is 1.50 bits per heavy atom. The molecule has 2 rings (SSSR count). The predicted molar refractivity (Wildman–Crippen MR) is 83.6 cm³/mol. The molecule has 0 aliphatic carbocycles. The average Bonchev–Trinajstić information content (AvgIpc) is 2.55. The van der Waals surface area contributed by atoms with E-state index in [-0.39, 0.29) is 11.5 Å². The van der Waals surface area contributed by atoms with Crippen LogP contribution in [0.1, 0.15) is 12.5 Å². The maximum Gasteiger partial charge on any atom is 0.264 e. The minimum Gasteiger partial charge on any atom is -0.493 e. The summed E-state index contributed by atoms with van der Waals surface area (Å²) in [7, 11) is 0. The molecule has 116 valence electrons.